The Bertz CT molecular complexity index is 329. The van der Waals surface area contributed by atoms with E-state index in [-0.39, 0.29) is 6.61 Å². The van der Waals surface area contributed by atoms with Gasteiger partial charge in [0, 0.05) is 24.2 Å². The number of hydrogen-bond donors (Lipinski definition) is 2. The van der Waals surface area contributed by atoms with Gasteiger partial charge >= 0.3 is 0 Å². The largest absolute Gasteiger partial charge is 0.398 e. The molecule has 0 atom stereocenters. The third-order valence-electron chi connectivity index (χ3n) is 2.36. The number of nitrogens with zero attached hydrogens (tertiary/aromatic N) is 1. The van der Waals surface area contributed by atoms with Crippen molar-refractivity contribution in [2.75, 3.05) is 18.1 Å². The molecule has 1 aromatic rings. The van der Waals surface area contributed by atoms with Crippen LogP contribution in [0.1, 0.15) is 23.2 Å². The number of nitrogen functional groups attached to an aromatic ring is 1. The fourth-order valence-corrected chi connectivity index (χ4v) is 2.24. The molecule has 3 N–H and O–H groups in total. The van der Waals surface area contributed by atoms with Gasteiger partial charge < -0.3 is 10.8 Å². The molecule has 0 amide bonds. The van der Waals surface area contributed by atoms with Crippen LogP contribution >= 0.6 is 11.8 Å². The Kier molecular flexibility index (Phi) is 4.91. The number of nitrogens with two attached hydrogens (primary N) is 1. The molecule has 0 aromatic carbocycles. The fraction of sp³-hybridized carbons (Fsp3) is 0.545. The Hall–Kier alpha value is -0.740. The number of aliphatic hydroxyl groups is 1. The normalized spacial score (nSPS) is 10.6. The van der Waals surface area contributed by atoms with Crippen molar-refractivity contribution in [3.63, 3.8) is 0 Å². The maximum Gasteiger partial charge on any atom is 0.0552 e. The number of hydrogen-bond acceptors (Lipinski definition) is 4. The lowest BCUT2D eigenvalue weighted by atomic mass is 10.1. The molecule has 3 nitrogen and oxygen atoms in total. The van der Waals surface area contributed by atoms with Crippen molar-refractivity contribution in [3.8, 4) is 0 Å². The minimum atomic E-state index is 0.259. The number of thioether (sulfide) groups is 1. The molecule has 0 aliphatic carbocycles. The minimum Gasteiger partial charge on any atom is -0.398 e. The molecule has 84 valence electrons. The highest BCUT2D eigenvalue weighted by Crippen LogP contribution is 2.21. The van der Waals surface area contributed by atoms with E-state index in [2.05, 4.69) is 4.98 Å². The SMILES string of the molecule is Cc1cnc(CSCCCO)c(C)c1N. The standard InChI is InChI=1S/C11H18N2OS/c1-8-6-13-10(9(2)11(8)12)7-15-5-3-4-14/h6,14H,3-5,7H2,1-2H3,(H2,12,13). The second kappa shape index (κ2) is 5.98. The van der Waals surface area contributed by atoms with Crippen LogP contribution in [-0.2, 0) is 5.75 Å². The van der Waals surface area contributed by atoms with E-state index in [4.69, 9.17) is 10.8 Å². The molecule has 0 bridgehead atoms. The zero-order chi connectivity index (χ0) is 11.3. The van der Waals surface area contributed by atoms with E-state index >= 15 is 0 Å². The molecule has 0 radical (unpaired) electrons. The molecule has 0 saturated carbocycles. The van der Waals surface area contributed by atoms with Crippen LogP contribution in [-0.4, -0.2) is 22.5 Å². The maximum atomic E-state index is 8.65. The molecular weight excluding hydrogens is 208 g/mol. The summed E-state index contributed by atoms with van der Waals surface area (Å²) in [5.74, 6) is 1.84. The van der Waals surface area contributed by atoms with Crippen LogP contribution in [0.2, 0.25) is 0 Å². The summed E-state index contributed by atoms with van der Waals surface area (Å²) in [5.41, 5.74) is 9.96. The molecule has 15 heavy (non-hydrogen) atoms. The van der Waals surface area contributed by atoms with E-state index in [1.54, 1.807) is 11.8 Å². The van der Waals surface area contributed by atoms with Gasteiger partial charge in [-0.2, -0.15) is 11.8 Å². The minimum absolute atomic E-state index is 0.259. The molecule has 0 spiro atoms. The molecule has 4 heteroatoms. The van der Waals surface area contributed by atoms with Gasteiger partial charge in [0.15, 0.2) is 0 Å². The maximum absolute atomic E-state index is 8.65. The van der Waals surface area contributed by atoms with Gasteiger partial charge in [-0.1, -0.05) is 0 Å². The van der Waals surface area contributed by atoms with Crippen molar-refractivity contribution in [3.05, 3.63) is 23.0 Å². The molecule has 1 heterocycles. The Morgan fingerprint density at radius 2 is 2.20 bits per heavy atom. The first-order valence-corrected chi connectivity index (χ1v) is 6.21. The van der Waals surface area contributed by atoms with Crippen molar-refractivity contribution in [2.45, 2.75) is 26.0 Å². The summed E-state index contributed by atoms with van der Waals surface area (Å²) in [7, 11) is 0. The summed E-state index contributed by atoms with van der Waals surface area (Å²) in [6.45, 7) is 4.24. The predicted octanol–water partition coefficient (Wildman–Crippen LogP) is 1.90. The number of rotatable bonds is 5. The van der Waals surface area contributed by atoms with E-state index in [1.165, 1.54) is 0 Å². The molecule has 0 aliphatic rings. The number of anilines is 1. The Balaban J connectivity index is 2.58. The second-order valence-corrected chi connectivity index (χ2v) is 4.66. The van der Waals surface area contributed by atoms with E-state index in [0.29, 0.717) is 0 Å². The number of aliphatic hydroxyl groups excluding tert-OH is 1. The summed E-state index contributed by atoms with van der Waals surface area (Å²) >= 11 is 1.78. The fourth-order valence-electron chi connectivity index (χ4n) is 1.27. The van der Waals surface area contributed by atoms with Gasteiger partial charge in [0.05, 0.1) is 5.69 Å². The Labute approximate surface area is 95.1 Å². The number of pyridine rings is 1. The summed E-state index contributed by atoms with van der Waals surface area (Å²) in [4.78, 5) is 4.37. The van der Waals surface area contributed by atoms with Crippen LogP contribution in [0.5, 0.6) is 0 Å². The average Bonchev–Trinajstić information content (AvgIpc) is 2.24. The third-order valence-corrected chi connectivity index (χ3v) is 3.42. The first-order chi connectivity index (χ1) is 7.16. The van der Waals surface area contributed by atoms with Gasteiger partial charge in [-0.25, -0.2) is 0 Å². The van der Waals surface area contributed by atoms with E-state index < -0.39 is 0 Å². The Morgan fingerprint density at radius 3 is 2.87 bits per heavy atom. The summed E-state index contributed by atoms with van der Waals surface area (Å²) < 4.78 is 0. The van der Waals surface area contributed by atoms with Crippen LogP contribution in [0.15, 0.2) is 6.20 Å². The lowest BCUT2D eigenvalue weighted by Crippen LogP contribution is -2.01. The predicted molar refractivity (Wildman–Crippen MR) is 66.0 cm³/mol. The van der Waals surface area contributed by atoms with Crippen molar-refractivity contribution in [2.24, 2.45) is 0 Å². The summed E-state index contributed by atoms with van der Waals surface area (Å²) in [6, 6.07) is 0. The van der Waals surface area contributed by atoms with Crippen molar-refractivity contribution < 1.29 is 5.11 Å². The average molecular weight is 226 g/mol. The smallest absolute Gasteiger partial charge is 0.0552 e. The van der Waals surface area contributed by atoms with Gasteiger partial charge in [-0.15, -0.1) is 0 Å². The second-order valence-electron chi connectivity index (χ2n) is 3.56. The first-order valence-electron chi connectivity index (χ1n) is 5.06. The monoisotopic (exact) mass is 226 g/mol. The van der Waals surface area contributed by atoms with Gasteiger partial charge in [-0.05, 0) is 37.1 Å². The molecule has 0 fully saturated rings. The first kappa shape index (κ1) is 12.3. The highest BCUT2D eigenvalue weighted by Gasteiger charge is 2.05. The van der Waals surface area contributed by atoms with Gasteiger partial charge in [-0.3, -0.25) is 4.98 Å². The molecule has 0 unspecified atom stereocenters. The van der Waals surface area contributed by atoms with Crippen LogP contribution in [0.25, 0.3) is 0 Å². The van der Waals surface area contributed by atoms with E-state index in [0.717, 1.165) is 40.4 Å². The summed E-state index contributed by atoms with van der Waals surface area (Å²) in [6.07, 6.45) is 2.66. The van der Waals surface area contributed by atoms with Gasteiger partial charge in [0.2, 0.25) is 0 Å². The van der Waals surface area contributed by atoms with Crippen molar-refractivity contribution in [1.82, 2.24) is 4.98 Å². The number of aryl methyl sites for hydroxylation is 1. The van der Waals surface area contributed by atoms with Crippen LogP contribution < -0.4 is 5.73 Å². The Morgan fingerprint density at radius 1 is 1.47 bits per heavy atom. The van der Waals surface area contributed by atoms with E-state index in [1.807, 2.05) is 20.0 Å². The van der Waals surface area contributed by atoms with Gasteiger partial charge in [0.25, 0.3) is 0 Å². The van der Waals surface area contributed by atoms with Crippen LogP contribution in [0.4, 0.5) is 5.69 Å². The molecular formula is C11H18N2OS. The third kappa shape index (κ3) is 3.39. The summed E-state index contributed by atoms with van der Waals surface area (Å²) in [5, 5.41) is 8.65. The van der Waals surface area contributed by atoms with Crippen LogP contribution in [0, 0.1) is 13.8 Å². The zero-order valence-corrected chi connectivity index (χ0v) is 10.1. The number of aromatic nitrogens is 1. The lowest BCUT2D eigenvalue weighted by molar-refractivity contribution is 0.296. The quantitative estimate of drug-likeness (QED) is 0.753. The zero-order valence-electron chi connectivity index (χ0n) is 9.29. The van der Waals surface area contributed by atoms with Crippen molar-refractivity contribution >= 4 is 17.4 Å². The van der Waals surface area contributed by atoms with E-state index in [9.17, 15) is 0 Å². The van der Waals surface area contributed by atoms with Crippen molar-refractivity contribution in [1.29, 1.82) is 0 Å². The molecule has 0 saturated heterocycles. The molecule has 1 rings (SSSR count). The topological polar surface area (TPSA) is 59.1 Å². The highest BCUT2D eigenvalue weighted by molar-refractivity contribution is 7.98. The molecule has 0 aliphatic heterocycles. The highest BCUT2D eigenvalue weighted by atomic mass is 32.2. The van der Waals surface area contributed by atoms with Crippen LogP contribution in [0.3, 0.4) is 0 Å². The molecule has 1 aromatic heterocycles. The van der Waals surface area contributed by atoms with Gasteiger partial charge in [0.1, 0.15) is 0 Å². The lowest BCUT2D eigenvalue weighted by Gasteiger charge is -2.09.